The molecule has 0 spiro atoms. The molecule has 2 aromatic heterocycles. The van der Waals surface area contributed by atoms with Gasteiger partial charge in [0.05, 0.1) is 22.0 Å². The molecule has 0 aliphatic carbocycles. The zero-order valence-corrected chi connectivity index (χ0v) is 20.9. The number of carbonyl (C=O) groups is 1. The molecule has 1 amide bonds. The third-order valence-electron chi connectivity index (χ3n) is 5.81. The number of rotatable bonds is 9. The van der Waals surface area contributed by atoms with Crippen molar-refractivity contribution < 1.29 is 31.1 Å². The number of nitrogens with one attached hydrogen (secondary N) is 1. The summed E-state index contributed by atoms with van der Waals surface area (Å²) in [5, 5.41) is 2.79. The van der Waals surface area contributed by atoms with Crippen LogP contribution in [0.2, 0.25) is 0 Å². The number of benzene rings is 2. The number of ether oxygens (including phenoxy) is 1. The second-order valence-corrected chi connectivity index (χ2v) is 10.5. The highest BCUT2D eigenvalue weighted by Gasteiger charge is 2.17. The van der Waals surface area contributed by atoms with Crippen molar-refractivity contribution in [3.8, 4) is 17.0 Å². The first-order valence-corrected chi connectivity index (χ1v) is 13.1. The Morgan fingerprint density at radius 2 is 1.81 bits per heavy atom. The van der Waals surface area contributed by atoms with Crippen LogP contribution in [0.1, 0.15) is 35.5 Å². The first-order valence-electron chi connectivity index (χ1n) is 11.5. The number of alkyl halides is 2. The van der Waals surface area contributed by atoms with Gasteiger partial charge >= 0.3 is 6.61 Å². The van der Waals surface area contributed by atoms with E-state index in [0.29, 0.717) is 29.0 Å². The lowest BCUT2D eigenvalue weighted by atomic mass is 10.1. The number of carbonyl (C=O) groups excluding carboxylic acids is 1. The lowest BCUT2D eigenvalue weighted by Crippen LogP contribution is -2.23. The molecule has 0 saturated heterocycles. The van der Waals surface area contributed by atoms with E-state index < -0.39 is 22.3 Å². The highest BCUT2D eigenvalue weighted by Crippen LogP contribution is 2.30. The fourth-order valence-corrected chi connectivity index (χ4v) is 4.83. The van der Waals surface area contributed by atoms with Crippen molar-refractivity contribution in [3.05, 3.63) is 83.4 Å². The Bertz CT molecular complexity index is 1550. The Balaban J connectivity index is 1.57. The third-order valence-corrected chi connectivity index (χ3v) is 7.56. The molecule has 2 aromatic carbocycles. The van der Waals surface area contributed by atoms with Crippen molar-refractivity contribution in [1.82, 2.24) is 14.7 Å². The smallest absolute Gasteiger partial charge is 0.387 e. The van der Waals surface area contributed by atoms with Gasteiger partial charge in [0, 0.05) is 29.9 Å². The van der Waals surface area contributed by atoms with Crippen LogP contribution >= 0.6 is 0 Å². The third kappa shape index (κ3) is 5.77. The van der Waals surface area contributed by atoms with E-state index in [-0.39, 0.29) is 34.4 Å². The molecule has 0 unspecified atom stereocenters. The summed E-state index contributed by atoms with van der Waals surface area (Å²) in [7, 11) is -3.30. The van der Waals surface area contributed by atoms with Gasteiger partial charge in [-0.25, -0.2) is 17.8 Å². The zero-order valence-electron chi connectivity index (χ0n) is 20.0. The SMILES string of the molecule is CCc1c(-c2cc(F)cc(OC(F)F)c2)nc2cc(C(=O)NCc3ccc(S(=O)(=O)CC)cc3)ccn12. The normalized spacial score (nSPS) is 11.7. The molecule has 0 atom stereocenters. The summed E-state index contributed by atoms with van der Waals surface area (Å²) in [6, 6.07) is 12.8. The molecule has 4 aromatic rings. The summed E-state index contributed by atoms with van der Waals surface area (Å²) in [5.41, 5.74) is 2.86. The summed E-state index contributed by atoms with van der Waals surface area (Å²) in [6.07, 6.45) is 2.17. The quantitative estimate of drug-likeness (QED) is 0.327. The van der Waals surface area contributed by atoms with Crippen molar-refractivity contribution >= 4 is 21.4 Å². The van der Waals surface area contributed by atoms with E-state index in [2.05, 4.69) is 15.0 Å². The molecule has 4 rings (SSSR count). The van der Waals surface area contributed by atoms with Crippen LogP contribution in [-0.4, -0.2) is 36.1 Å². The minimum Gasteiger partial charge on any atom is -0.435 e. The van der Waals surface area contributed by atoms with Crippen molar-refractivity contribution in [2.24, 2.45) is 0 Å². The molecule has 2 heterocycles. The monoisotopic (exact) mass is 531 g/mol. The van der Waals surface area contributed by atoms with Crippen LogP contribution in [0, 0.1) is 5.82 Å². The number of aryl methyl sites for hydroxylation is 1. The molecular weight excluding hydrogens is 507 g/mol. The maximum absolute atomic E-state index is 14.1. The standard InChI is InChI=1S/C26H24F3N3O4S/c1-3-22-24(18-11-19(27)14-20(12-18)36-26(28)29)31-23-13-17(9-10-32(22)23)25(33)30-15-16-5-7-21(8-6-16)37(34,35)4-2/h5-14,26H,3-4,15H2,1-2H3,(H,30,33). The topological polar surface area (TPSA) is 89.8 Å². The predicted molar refractivity (Wildman–Crippen MR) is 132 cm³/mol. The minimum absolute atomic E-state index is 0.00461. The summed E-state index contributed by atoms with van der Waals surface area (Å²) in [4.78, 5) is 17.5. The van der Waals surface area contributed by atoms with Gasteiger partial charge < -0.3 is 14.5 Å². The highest BCUT2D eigenvalue weighted by atomic mass is 32.2. The lowest BCUT2D eigenvalue weighted by Gasteiger charge is -2.08. The van der Waals surface area contributed by atoms with E-state index >= 15 is 0 Å². The number of aromatic nitrogens is 2. The van der Waals surface area contributed by atoms with Gasteiger partial charge in [-0.15, -0.1) is 0 Å². The Labute approximate surface area is 211 Å². The molecule has 194 valence electrons. The first-order chi connectivity index (χ1) is 17.6. The molecule has 7 nitrogen and oxygen atoms in total. The van der Waals surface area contributed by atoms with Gasteiger partial charge in [0.25, 0.3) is 5.91 Å². The number of fused-ring (bicyclic) bond motifs is 1. The van der Waals surface area contributed by atoms with E-state index in [1.54, 1.807) is 41.8 Å². The minimum atomic E-state index is -3.30. The average Bonchev–Trinajstić information content (AvgIpc) is 3.24. The molecule has 0 saturated carbocycles. The van der Waals surface area contributed by atoms with Crippen LogP contribution in [-0.2, 0) is 22.8 Å². The molecular formula is C26H24F3N3O4S. The maximum Gasteiger partial charge on any atom is 0.387 e. The Kier molecular flexibility index (Phi) is 7.53. The van der Waals surface area contributed by atoms with E-state index in [1.165, 1.54) is 24.3 Å². The Morgan fingerprint density at radius 1 is 1.08 bits per heavy atom. The Morgan fingerprint density at radius 3 is 2.46 bits per heavy atom. The van der Waals surface area contributed by atoms with Crippen molar-refractivity contribution in [3.63, 3.8) is 0 Å². The summed E-state index contributed by atoms with van der Waals surface area (Å²) >= 11 is 0. The number of amides is 1. The van der Waals surface area contributed by atoms with E-state index in [1.807, 2.05) is 6.92 Å². The van der Waals surface area contributed by atoms with Crippen LogP contribution < -0.4 is 10.1 Å². The maximum atomic E-state index is 14.1. The zero-order chi connectivity index (χ0) is 26.7. The van der Waals surface area contributed by atoms with E-state index in [9.17, 15) is 26.4 Å². The lowest BCUT2D eigenvalue weighted by molar-refractivity contribution is -0.0499. The molecule has 37 heavy (non-hydrogen) atoms. The molecule has 0 radical (unpaired) electrons. The van der Waals surface area contributed by atoms with Gasteiger partial charge in [-0.3, -0.25) is 4.79 Å². The van der Waals surface area contributed by atoms with Crippen LogP contribution in [0.3, 0.4) is 0 Å². The van der Waals surface area contributed by atoms with Crippen LogP contribution in [0.15, 0.2) is 65.7 Å². The first kappa shape index (κ1) is 26.2. The van der Waals surface area contributed by atoms with Gasteiger partial charge in [-0.1, -0.05) is 26.0 Å². The average molecular weight is 532 g/mol. The van der Waals surface area contributed by atoms with Crippen molar-refractivity contribution in [2.45, 2.75) is 38.3 Å². The fourth-order valence-electron chi connectivity index (χ4n) is 3.94. The van der Waals surface area contributed by atoms with Gasteiger partial charge in [0.1, 0.15) is 17.2 Å². The number of halogens is 3. The number of imidazole rings is 1. The van der Waals surface area contributed by atoms with Crippen LogP contribution in [0.5, 0.6) is 5.75 Å². The molecule has 0 fully saturated rings. The molecule has 0 bridgehead atoms. The molecule has 0 aliphatic rings. The fraction of sp³-hybridized carbons (Fsp3) is 0.231. The number of sulfone groups is 1. The number of hydrogen-bond donors (Lipinski definition) is 1. The predicted octanol–water partition coefficient (Wildman–Crippen LogP) is 5.03. The van der Waals surface area contributed by atoms with E-state index in [0.717, 1.165) is 11.6 Å². The summed E-state index contributed by atoms with van der Waals surface area (Å²) in [6.45, 7) is 0.543. The molecule has 1 N–H and O–H groups in total. The van der Waals surface area contributed by atoms with Gasteiger partial charge in [-0.2, -0.15) is 8.78 Å². The summed E-state index contributed by atoms with van der Waals surface area (Å²) in [5.74, 6) is -1.42. The molecule has 0 aliphatic heterocycles. The van der Waals surface area contributed by atoms with Gasteiger partial charge in [0.2, 0.25) is 0 Å². The second kappa shape index (κ2) is 10.6. The number of nitrogens with zero attached hydrogens (tertiary/aromatic N) is 2. The summed E-state index contributed by atoms with van der Waals surface area (Å²) < 4.78 is 69.4. The van der Waals surface area contributed by atoms with Crippen LogP contribution in [0.25, 0.3) is 16.9 Å². The Hall–Kier alpha value is -3.86. The van der Waals surface area contributed by atoms with Crippen molar-refractivity contribution in [1.29, 1.82) is 0 Å². The van der Waals surface area contributed by atoms with Crippen molar-refractivity contribution in [2.75, 3.05) is 5.75 Å². The van der Waals surface area contributed by atoms with Gasteiger partial charge in [-0.05, 0) is 48.4 Å². The molecule has 11 heteroatoms. The highest BCUT2D eigenvalue weighted by molar-refractivity contribution is 7.91. The second-order valence-electron chi connectivity index (χ2n) is 8.19. The van der Waals surface area contributed by atoms with E-state index in [4.69, 9.17) is 0 Å². The van der Waals surface area contributed by atoms with Crippen LogP contribution in [0.4, 0.5) is 13.2 Å². The number of hydrogen-bond acceptors (Lipinski definition) is 5. The largest absolute Gasteiger partial charge is 0.435 e. The van der Waals surface area contributed by atoms with Gasteiger partial charge in [0.15, 0.2) is 9.84 Å². The number of pyridine rings is 1.